The minimum absolute atomic E-state index is 0.134. The van der Waals surface area contributed by atoms with Crippen LogP contribution in [0.5, 0.6) is 0 Å². The van der Waals surface area contributed by atoms with Gasteiger partial charge >= 0.3 is 6.18 Å². The fourth-order valence-electron chi connectivity index (χ4n) is 3.50. The summed E-state index contributed by atoms with van der Waals surface area (Å²) in [5.74, 6) is -4.51. The first-order chi connectivity index (χ1) is 16.8. The highest BCUT2D eigenvalue weighted by molar-refractivity contribution is 5.95. The number of nitrogens with two attached hydrogens (primary N) is 1. The lowest BCUT2D eigenvalue weighted by atomic mass is 9.97. The molecule has 2 aromatic rings. The molecule has 0 aliphatic heterocycles. The highest BCUT2D eigenvalue weighted by atomic mass is 19.4. The number of carbonyl (C=O) groups is 2. The smallest absolute Gasteiger partial charge is 0.402 e. The second-order valence-corrected chi connectivity index (χ2v) is 8.55. The Kier molecular flexibility index (Phi) is 9.43. The predicted molar refractivity (Wildman–Crippen MR) is 131 cm³/mol. The molecular formula is C26H30F3N3O4. The molecule has 194 valence electrons. The first-order valence-electron chi connectivity index (χ1n) is 11.1. The molecule has 2 aromatic carbocycles. The molecule has 1 unspecified atom stereocenters. The van der Waals surface area contributed by atoms with Gasteiger partial charge in [0.2, 0.25) is 6.41 Å². The molecular weight excluding hydrogens is 475 g/mol. The van der Waals surface area contributed by atoms with Crippen molar-refractivity contribution in [2.75, 3.05) is 11.9 Å². The fraction of sp³-hybridized carbons (Fsp3) is 0.308. The summed E-state index contributed by atoms with van der Waals surface area (Å²) in [5, 5.41) is 22.0. The monoisotopic (exact) mass is 505 g/mol. The van der Waals surface area contributed by atoms with Crippen LogP contribution in [0.2, 0.25) is 0 Å². The summed E-state index contributed by atoms with van der Waals surface area (Å²) in [5.41, 5.74) is 7.38. The minimum Gasteiger partial charge on any atom is -0.402 e. The summed E-state index contributed by atoms with van der Waals surface area (Å²) in [7, 11) is 1.42. The lowest BCUT2D eigenvalue weighted by molar-refractivity contribution is -0.358. The normalized spacial score (nSPS) is 13.1. The van der Waals surface area contributed by atoms with Gasteiger partial charge in [-0.25, -0.2) is 0 Å². The zero-order chi connectivity index (χ0) is 27.1. The van der Waals surface area contributed by atoms with E-state index in [1.54, 1.807) is 6.92 Å². The van der Waals surface area contributed by atoms with E-state index in [4.69, 9.17) is 5.73 Å². The van der Waals surface area contributed by atoms with E-state index in [1.165, 1.54) is 19.2 Å². The summed E-state index contributed by atoms with van der Waals surface area (Å²) in [4.78, 5) is 24.9. The third-order valence-electron chi connectivity index (χ3n) is 5.54. The number of aryl methyl sites for hydroxylation is 1. The van der Waals surface area contributed by atoms with Gasteiger partial charge in [-0.2, -0.15) is 13.2 Å². The molecule has 0 heterocycles. The number of allylic oxidation sites excluding steroid dienone is 1. The van der Waals surface area contributed by atoms with Gasteiger partial charge in [-0.3, -0.25) is 9.59 Å². The van der Waals surface area contributed by atoms with E-state index in [0.717, 1.165) is 22.6 Å². The molecule has 0 aliphatic rings. The average Bonchev–Trinajstić information content (AvgIpc) is 2.81. The van der Waals surface area contributed by atoms with E-state index in [-0.39, 0.29) is 24.0 Å². The molecule has 7 nitrogen and oxygen atoms in total. The molecule has 36 heavy (non-hydrogen) atoms. The van der Waals surface area contributed by atoms with E-state index < -0.39 is 29.5 Å². The first-order valence-corrected chi connectivity index (χ1v) is 11.1. The number of benzene rings is 2. The molecule has 0 radical (unpaired) electrons. The van der Waals surface area contributed by atoms with Gasteiger partial charge in [0.15, 0.2) is 0 Å². The Morgan fingerprint density at radius 2 is 1.83 bits per heavy atom. The Morgan fingerprint density at radius 3 is 2.42 bits per heavy atom. The van der Waals surface area contributed by atoms with Gasteiger partial charge in [-0.15, -0.1) is 0 Å². The van der Waals surface area contributed by atoms with Crippen LogP contribution >= 0.6 is 0 Å². The van der Waals surface area contributed by atoms with E-state index >= 15 is 0 Å². The zero-order valence-corrected chi connectivity index (χ0v) is 20.0. The van der Waals surface area contributed by atoms with Crippen LogP contribution in [0, 0.1) is 0 Å². The van der Waals surface area contributed by atoms with Crippen LogP contribution in [-0.2, 0) is 28.2 Å². The van der Waals surface area contributed by atoms with Crippen LogP contribution in [0.4, 0.5) is 18.9 Å². The lowest BCUT2D eigenvalue weighted by Crippen LogP contribution is -2.42. The zero-order valence-electron chi connectivity index (χ0n) is 20.0. The van der Waals surface area contributed by atoms with Gasteiger partial charge in [0, 0.05) is 42.0 Å². The summed E-state index contributed by atoms with van der Waals surface area (Å²) in [6, 6.07) is 12.1. The Hall–Kier alpha value is -3.63. The number of halogens is 3. The van der Waals surface area contributed by atoms with Gasteiger partial charge in [0.1, 0.15) is 0 Å². The highest BCUT2D eigenvalue weighted by Crippen LogP contribution is 2.38. The quantitative estimate of drug-likeness (QED) is 0.162. The second-order valence-electron chi connectivity index (χ2n) is 8.55. The molecule has 1 atom stereocenters. The van der Waals surface area contributed by atoms with Crippen molar-refractivity contribution >= 4 is 18.0 Å². The number of amides is 2. The van der Waals surface area contributed by atoms with E-state index in [0.29, 0.717) is 24.2 Å². The summed E-state index contributed by atoms with van der Waals surface area (Å²) >= 11 is 0. The molecule has 0 bridgehead atoms. The molecule has 0 fully saturated rings. The van der Waals surface area contributed by atoms with Gasteiger partial charge in [0.05, 0.1) is 0 Å². The van der Waals surface area contributed by atoms with Crippen LogP contribution in [0.25, 0.3) is 0 Å². The SMILES string of the molecule is C=C(/C=C(\N)Cc1ccccc1)C(=O)NC(C)CCc1cc(C(O)(O)C(F)(F)F)ccc1N(C)C=O. The number of carbonyl (C=O) groups excluding carboxylic acids is 2. The number of alkyl halides is 3. The summed E-state index contributed by atoms with van der Waals surface area (Å²) in [6.07, 6.45) is -2.50. The molecule has 0 aliphatic carbocycles. The number of hydrogen-bond acceptors (Lipinski definition) is 5. The van der Waals surface area contributed by atoms with Gasteiger partial charge < -0.3 is 26.2 Å². The first kappa shape index (κ1) is 28.6. The Morgan fingerprint density at radius 1 is 1.19 bits per heavy atom. The highest BCUT2D eigenvalue weighted by Gasteiger charge is 2.54. The largest absolute Gasteiger partial charge is 0.447 e. The van der Waals surface area contributed by atoms with E-state index in [9.17, 15) is 33.0 Å². The van der Waals surface area contributed by atoms with Crippen LogP contribution in [0.15, 0.2) is 72.5 Å². The van der Waals surface area contributed by atoms with Crippen molar-refractivity contribution in [1.29, 1.82) is 0 Å². The summed E-state index contributed by atoms with van der Waals surface area (Å²) in [6.45, 7) is 5.44. The molecule has 0 saturated carbocycles. The topological polar surface area (TPSA) is 116 Å². The van der Waals surface area contributed by atoms with Crippen molar-refractivity contribution < 1.29 is 33.0 Å². The maximum atomic E-state index is 13.1. The number of nitrogens with one attached hydrogen (secondary N) is 1. The average molecular weight is 506 g/mol. The molecule has 2 rings (SSSR count). The van der Waals surface area contributed by atoms with Gasteiger partial charge in [-0.1, -0.05) is 43.0 Å². The maximum absolute atomic E-state index is 13.1. The summed E-state index contributed by atoms with van der Waals surface area (Å²) < 4.78 is 39.3. The van der Waals surface area contributed by atoms with Crippen molar-refractivity contribution in [2.24, 2.45) is 5.73 Å². The number of rotatable bonds is 11. The Labute approximate surface area is 207 Å². The van der Waals surface area contributed by atoms with Gasteiger partial charge in [0.25, 0.3) is 11.7 Å². The Balaban J connectivity index is 2.09. The van der Waals surface area contributed by atoms with Crippen molar-refractivity contribution in [3.63, 3.8) is 0 Å². The molecule has 2 amide bonds. The number of hydrogen-bond donors (Lipinski definition) is 4. The third kappa shape index (κ3) is 7.43. The van der Waals surface area contributed by atoms with Crippen LogP contribution in [0.1, 0.15) is 30.0 Å². The maximum Gasteiger partial charge on any atom is 0.447 e. The lowest BCUT2D eigenvalue weighted by Gasteiger charge is -2.27. The Bertz CT molecular complexity index is 1120. The molecule has 5 N–H and O–H groups in total. The molecule has 0 aromatic heterocycles. The van der Waals surface area contributed by atoms with Crippen molar-refractivity contribution in [3.8, 4) is 0 Å². The number of nitrogens with zero attached hydrogens (tertiary/aromatic N) is 1. The van der Waals surface area contributed by atoms with Crippen molar-refractivity contribution in [1.82, 2.24) is 5.32 Å². The number of anilines is 1. The second kappa shape index (κ2) is 11.9. The standard InChI is InChI=1S/C26H30F3N3O4/c1-17(13-22(30)14-19-7-5-4-6-8-19)24(34)31-18(2)9-10-20-15-21(25(35,36)26(27,28)29)11-12-23(20)32(3)16-33/h4-8,11-13,15-16,18,35-36H,1,9-10,14,30H2,2-3H3,(H,31,34)/b22-13-. The van der Waals surface area contributed by atoms with Crippen LogP contribution in [0.3, 0.4) is 0 Å². The van der Waals surface area contributed by atoms with Gasteiger partial charge in [-0.05, 0) is 49.1 Å². The fourth-order valence-corrected chi connectivity index (χ4v) is 3.50. The number of aliphatic hydroxyl groups is 2. The van der Waals surface area contributed by atoms with Crippen LogP contribution < -0.4 is 16.0 Å². The predicted octanol–water partition coefficient (Wildman–Crippen LogP) is 3.06. The van der Waals surface area contributed by atoms with Crippen molar-refractivity contribution in [2.45, 2.75) is 44.2 Å². The van der Waals surface area contributed by atoms with Crippen LogP contribution in [-0.4, -0.2) is 41.8 Å². The van der Waals surface area contributed by atoms with E-state index in [2.05, 4.69) is 11.9 Å². The molecule has 10 heteroatoms. The molecule has 0 spiro atoms. The van der Waals surface area contributed by atoms with Crippen molar-refractivity contribution in [3.05, 3.63) is 89.1 Å². The molecule has 0 saturated heterocycles. The third-order valence-corrected chi connectivity index (χ3v) is 5.54. The van der Waals surface area contributed by atoms with E-state index in [1.807, 2.05) is 30.3 Å². The minimum atomic E-state index is -5.32.